The van der Waals surface area contributed by atoms with E-state index in [-0.39, 0.29) is 0 Å². The fourth-order valence-electron chi connectivity index (χ4n) is 5.87. The molecule has 0 fully saturated rings. The van der Waals surface area contributed by atoms with Crippen molar-refractivity contribution in [3.8, 4) is 5.69 Å². The number of tetrazole rings is 1. The van der Waals surface area contributed by atoms with Gasteiger partial charge in [-0.05, 0) is 41.1 Å². The van der Waals surface area contributed by atoms with Crippen molar-refractivity contribution in [2.24, 2.45) is 0 Å². The molecule has 1 aromatic heterocycles. The molecule has 4 aromatic rings. The van der Waals surface area contributed by atoms with E-state index in [0.29, 0.717) is 22.8 Å². The van der Waals surface area contributed by atoms with Gasteiger partial charge in [0.2, 0.25) is 11.1 Å². The largest absolute Gasteiger partial charge is 0.337 e. The van der Waals surface area contributed by atoms with Crippen LogP contribution in [0.15, 0.2) is 96.2 Å². The van der Waals surface area contributed by atoms with Gasteiger partial charge < -0.3 is 10.6 Å². The third kappa shape index (κ3) is 13.2. The van der Waals surface area contributed by atoms with E-state index in [1.165, 1.54) is 82.4 Å². The Hall–Kier alpha value is -4.31. The number of hydrogen-bond donors (Lipinski definition) is 2. The van der Waals surface area contributed by atoms with Crippen LogP contribution in [0.1, 0.15) is 114 Å². The second kappa shape index (κ2) is 22.4. The molecule has 4 rings (SSSR count). The average Bonchev–Trinajstić information content (AvgIpc) is 3.62. The zero-order chi connectivity index (χ0) is 35.2. The van der Waals surface area contributed by atoms with Gasteiger partial charge in [0.25, 0.3) is 5.91 Å². The van der Waals surface area contributed by atoms with Crippen LogP contribution in [0.3, 0.4) is 0 Å². The van der Waals surface area contributed by atoms with Gasteiger partial charge in [-0.1, -0.05) is 175 Å². The highest BCUT2D eigenvalue weighted by atomic mass is 32.2. The highest BCUT2D eigenvalue weighted by Gasteiger charge is 2.33. The predicted molar refractivity (Wildman–Crippen MR) is 202 cm³/mol. The first-order valence-corrected chi connectivity index (χ1v) is 19.2. The number of carbonyl (C=O) groups excluding carboxylic acids is 3. The Morgan fingerprint density at radius 2 is 1.18 bits per heavy atom. The molecule has 0 aliphatic carbocycles. The first-order valence-electron chi connectivity index (χ1n) is 18.3. The smallest absolute Gasteiger partial charge is 0.255 e. The number of aromatic nitrogens is 4. The van der Waals surface area contributed by atoms with Gasteiger partial charge in [0, 0.05) is 11.3 Å². The van der Waals surface area contributed by atoms with E-state index in [2.05, 4.69) is 33.1 Å². The van der Waals surface area contributed by atoms with Crippen LogP contribution < -0.4 is 10.6 Å². The second-order valence-corrected chi connectivity index (χ2v) is 13.9. The summed E-state index contributed by atoms with van der Waals surface area (Å²) in [5.41, 5.74) is 1.65. The highest BCUT2D eigenvalue weighted by Crippen LogP contribution is 2.27. The van der Waals surface area contributed by atoms with Crippen LogP contribution in [0, 0.1) is 0 Å². The van der Waals surface area contributed by atoms with Crippen molar-refractivity contribution in [1.29, 1.82) is 0 Å². The van der Waals surface area contributed by atoms with Crippen molar-refractivity contribution in [1.82, 2.24) is 25.5 Å². The number of anilines is 1. The van der Waals surface area contributed by atoms with Crippen molar-refractivity contribution in [2.45, 2.75) is 120 Å². The molecule has 2 unspecified atom stereocenters. The molecule has 2 atom stereocenters. The highest BCUT2D eigenvalue weighted by molar-refractivity contribution is 8.00. The fraction of sp³-hybridized carbons (Fsp3) is 0.450. The molecule has 266 valence electrons. The molecule has 10 heteroatoms. The Labute approximate surface area is 301 Å². The monoisotopic (exact) mass is 696 g/mol. The van der Waals surface area contributed by atoms with Crippen molar-refractivity contribution >= 4 is 35.0 Å². The summed E-state index contributed by atoms with van der Waals surface area (Å²) in [6.07, 6.45) is 17.9. The first-order chi connectivity index (χ1) is 24.6. The molecular weight excluding hydrogens is 645 g/mol. The number of unbranched alkanes of at least 4 members (excludes halogenated alkanes) is 13. The van der Waals surface area contributed by atoms with E-state index in [4.69, 9.17) is 0 Å². The molecule has 2 amide bonds. The van der Waals surface area contributed by atoms with Gasteiger partial charge in [-0.15, -0.1) is 5.10 Å². The number of carbonyl (C=O) groups is 3. The topological polar surface area (TPSA) is 119 Å². The van der Waals surface area contributed by atoms with E-state index in [1.807, 2.05) is 36.4 Å². The molecule has 50 heavy (non-hydrogen) atoms. The minimum absolute atomic E-state index is 0.338. The van der Waals surface area contributed by atoms with Crippen LogP contribution in [0.25, 0.3) is 5.69 Å². The van der Waals surface area contributed by atoms with Crippen LogP contribution in [0.4, 0.5) is 5.69 Å². The van der Waals surface area contributed by atoms with Gasteiger partial charge >= 0.3 is 0 Å². The van der Waals surface area contributed by atoms with Crippen LogP contribution in [0.5, 0.6) is 0 Å². The fourth-order valence-corrected chi connectivity index (χ4v) is 6.91. The molecule has 0 bridgehead atoms. The van der Waals surface area contributed by atoms with Crippen LogP contribution in [-0.4, -0.2) is 49.1 Å². The Morgan fingerprint density at radius 1 is 0.660 bits per heavy atom. The number of Topliss-reactive ketones (excluding diaryl/α,β-unsaturated/α-hetero) is 1. The number of ketones is 1. The van der Waals surface area contributed by atoms with E-state index in [1.54, 1.807) is 59.3 Å². The predicted octanol–water partition coefficient (Wildman–Crippen LogP) is 9.00. The average molecular weight is 697 g/mol. The van der Waals surface area contributed by atoms with Crippen LogP contribution in [0.2, 0.25) is 0 Å². The molecule has 0 aliphatic rings. The molecule has 2 N–H and O–H groups in total. The SMILES string of the molecule is CCCCCCCCCCCCCCCCC(Sc1nnnn1-c1ccccc1)C(=O)NC(C(=O)Nc1ccccc1)C(=O)c1ccccc1. The number of nitrogens with zero attached hydrogens (tertiary/aromatic N) is 4. The maximum atomic E-state index is 14.0. The molecule has 9 nitrogen and oxygen atoms in total. The van der Waals surface area contributed by atoms with Crippen molar-refractivity contribution < 1.29 is 14.4 Å². The lowest BCUT2D eigenvalue weighted by molar-refractivity contribution is -0.125. The summed E-state index contributed by atoms with van der Waals surface area (Å²) in [6, 6.07) is 25.5. The van der Waals surface area contributed by atoms with Crippen molar-refractivity contribution in [3.05, 3.63) is 96.6 Å². The van der Waals surface area contributed by atoms with E-state index < -0.39 is 28.9 Å². The second-order valence-electron chi connectivity index (χ2n) is 12.7. The Morgan fingerprint density at radius 3 is 1.76 bits per heavy atom. The summed E-state index contributed by atoms with van der Waals surface area (Å²) in [7, 11) is 0. The van der Waals surface area contributed by atoms with Crippen molar-refractivity contribution in [2.75, 3.05) is 5.32 Å². The summed E-state index contributed by atoms with van der Waals surface area (Å²) in [5, 5.41) is 17.7. The molecule has 0 aliphatic heterocycles. The molecule has 0 saturated carbocycles. The Bertz CT molecular complexity index is 1550. The summed E-state index contributed by atoms with van der Waals surface area (Å²) >= 11 is 1.25. The lowest BCUT2D eigenvalue weighted by atomic mass is 10.0. The first kappa shape index (κ1) is 38.5. The van der Waals surface area contributed by atoms with Gasteiger partial charge in [0.15, 0.2) is 11.8 Å². The third-order valence-electron chi connectivity index (χ3n) is 8.71. The standard InChI is InChI=1S/C40H52N6O3S/c1-2-3-4-5-6-7-8-9-10-11-12-13-14-24-31-35(50-40-43-44-45-46(40)34-29-22-17-23-30-34)38(48)42-36(37(47)32-25-18-15-19-26-32)39(49)41-33-27-20-16-21-28-33/h15-23,25-30,35-36H,2-14,24,31H2,1H3,(H,41,49)(H,42,48). The lowest BCUT2D eigenvalue weighted by Crippen LogP contribution is -2.51. The van der Waals surface area contributed by atoms with Crippen LogP contribution in [-0.2, 0) is 9.59 Å². The van der Waals surface area contributed by atoms with Gasteiger partial charge in [-0.3, -0.25) is 14.4 Å². The van der Waals surface area contributed by atoms with E-state index in [0.717, 1.165) is 24.9 Å². The quantitative estimate of drug-likeness (QED) is 0.0325. The summed E-state index contributed by atoms with van der Waals surface area (Å²) in [5.74, 6) is -1.50. The summed E-state index contributed by atoms with van der Waals surface area (Å²) in [6.45, 7) is 2.26. The number of nitrogens with one attached hydrogen (secondary N) is 2. The number of amides is 2. The van der Waals surface area contributed by atoms with Gasteiger partial charge in [0.1, 0.15) is 0 Å². The summed E-state index contributed by atoms with van der Waals surface area (Å²) in [4.78, 5) is 41.3. The lowest BCUT2D eigenvalue weighted by Gasteiger charge is -2.21. The van der Waals surface area contributed by atoms with Crippen molar-refractivity contribution in [3.63, 3.8) is 0 Å². The number of rotatable bonds is 24. The number of para-hydroxylation sites is 2. The maximum absolute atomic E-state index is 14.0. The minimum atomic E-state index is -1.42. The maximum Gasteiger partial charge on any atom is 0.255 e. The Kier molecular flexibility index (Phi) is 17.3. The normalized spacial score (nSPS) is 12.3. The zero-order valence-electron chi connectivity index (χ0n) is 29.3. The molecule has 3 aromatic carbocycles. The minimum Gasteiger partial charge on any atom is -0.337 e. The number of hydrogen-bond acceptors (Lipinski definition) is 7. The summed E-state index contributed by atoms with van der Waals surface area (Å²) < 4.78 is 1.60. The van der Waals surface area contributed by atoms with E-state index in [9.17, 15) is 14.4 Å². The number of benzene rings is 3. The molecule has 0 spiro atoms. The molecule has 0 saturated heterocycles. The molecular formula is C40H52N6O3S. The molecule has 0 radical (unpaired) electrons. The van der Waals surface area contributed by atoms with Gasteiger partial charge in [-0.2, -0.15) is 4.68 Å². The molecule has 1 heterocycles. The van der Waals surface area contributed by atoms with Crippen LogP contribution >= 0.6 is 11.8 Å². The van der Waals surface area contributed by atoms with E-state index >= 15 is 0 Å². The van der Waals surface area contributed by atoms with Gasteiger partial charge in [-0.25, -0.2) is 0 Å². The third-order valence-corrected chi connectivity index (χ3v) is 9.91. The van der Waals surface area contributed by atoms with Gasteiger partial charge in [0.05, 0.1) is 10.9 Å². The zero-order valence-corrected chi connectivity index (χ0v) is 30.2. The Balaban J connectivity index is 1.37. The number of thioether (sulfide) groups is 1.